The summed E-state index contributed by atoms with van der Waals surface area (Å²) in [5, 5.41) is 19.8. The van der Waals surface area contributed by atoms with Gasteiger partial charge in [0.05, 0.1) is 5.54 Å². The Bertz CT molecular complexity index is 868. The maximum absolute atomic E-state index is 11.8. The van der Waals surface area contributed by atoms with Crippen LogP contribution in [0.3, 0.4) is 0 Å². The molecule has 33 heavy (non-hydrogen) atoms. The number of hydrogen-bond acceptors (Lipinski definition) is 6. The minimum Gasteiger partial charge on any atom is -0.444 e. The summed E-state index contributed by atoms with van der Waals surface area (Å²) >= 11 is 0. The van der Waals surface area contributed by atoms with Crippen LogP contribution in [-0.4, -0.2) is 45.0 Å². The molecule has 8 heteroatoms. The lowest BCUT2D eigenvalue weighted by Crippen LogP contribution is -2.67. The van der Waals surface area contributed by atoms with Gasteiger partial charge >= 0.3 is 6.09 Å². The van der Waals surface area contributed by atoms with Crippen molar-refractivity contribution < 1.29 is 9.53 Å². The van der Waals surface area contributed by atoms with E-state index in [4.69, 9.17) is 4.74 Å². The fraction of sp³-hybridized carbons (Fsp3) is 0.920. The van der Waals surface area contributed by atoms with E-state index in [1.807, 2.05) is 25.5 Å². The molecule has 0 aromatic carbocycles. The molecular weight excluding hydrogens is 416 g/mol. The highest BCUT2D eigenvalue weighted by Gasteiger charge is 2.65. The summed E-state index contributed by atoms with van der Waals surface area (Å²) in [4.78, 5) is 11.8. The highest BCUT2D eigenvalue weighted by Crippen LogP contribution is 2.70. The van der Waals surface area contributed by atoms with Crippen molar-refractivity contribution in [2.75, 3.05) is 13.1 Å². The molecule has 5 aliphatic carbocycles. The number of carbonyl (C=O) groups excluding carboxylic acids is 1. The van der Waals surface area contributed by atoms with Crippen molar-refractivity contribution in [2.45, 2.75) is 110 Å². The fourth-order valence-electron chi connectivity index (χ4n) is 7.64. The highest BCUT2D eigenvalue weighted by atomic mass is 16.6. The zero-order valence-corrected chi connectivity index (χ0v) is 21.2. The van der Waals surface area contributed by atoms with Crippen LogP contribution in [0.5, 0.6) is 0 Å². The second kappa shape index (κ2) is 7.65. The summed E-state index contributed by atoms with van der Waals surface area (Å²) in [6.45, 7) is 12.9. The third-order valence-electron chi connectivity index (χ3n) is 8.45. The molecule has 5 saturated carbocycles. The molecule has 2 N–H and O–H groups in total. The van der Waals surface area contributed by atoms with Gasteiger partial charge in [0.2, 0.25) is 0 Å². The first-order chi connectivity index (χ1) is 15.4. The largest absolute Gasteiger partial charge is 0.444 e. The monoisotopic (exact) mass is 458 g/mol. The second-order valence-electron chi connectivity index (χ2n) is 13.6. The van der Waals surface area contributed by atoms with Crippen LogP contribution in [-0.2, 0) is 16.8 Å². The summed E-state index contributed by atoms with van der Waals surface area (Å²) in [5.41, 5.74) is 0.966. The lowest BCUT2D eigenvalue weighted by Gasteiger charge is -2.68. The third-order valence-corrected chi connectivity index (χ3v) is 8.45. The molecule has 184 valence electrons. The van der Waals surface area contributed by atoms with E-state index in [1.165, 1.54) is 32.1 Å². The molecule has 5 aliphatic rings. The van der Waals surface area contributed by atoms with Crippen LogP contribution >= 0.6 is 0 Å². The van der Waals surface area contributed by atoms with E-state index in [2.05, 4.69) is 40.0 Å². The van der Waals surface area contributed by atoms with Gasteiger partial charge in [-0.2, -0.15) is 0 Å². The zero-order chi connectivity index (χ0) is 23.5. The number of hydrogen-bond donors (Lipinski definition) is 2. The van der Waals surface area contributed by atoms with Gasteiger partial charge in [-0.15, -0.1) is 5.10 Å². The number of aryl methyl sites for hydroxylation is 1. The molecule has 0 atom stereocenters. The maximum atomic E-state index is 11.8. The maximum Gasteiger partial charge on any atom is 0.407 e. The molecule has 5 fully saturated rings. The van der Waals surface area contributed by atoms with Crippen LogP contribution in [0.4, 0.5) is 4.79 Å². The van der Waals surface area contributed by atoms with E-state index in [-0.39, 0.29) is 11.6 Å². The third kappa shape index (κ3) is 4.52. The Hall–Kier alpha value is -1.70. The molecule has 1 aromatic rings. The van der Waals surface area contributed by atoms with Crippen molar-refractivity contribution in [3.63, 3.8) is 0 Å². The number of rotatable bonds is 9. The first-order valence-corrected chi connectivity index (χ1v) is 12.9. The predicted molar refractivity (Wildman–Crippen MR) is 125 cm³/mol. The summed E-state index contributed by atoms with van der Waals surface area (Å²) in [6.07, 6.45) is 10.6. The normalized spacial score (nSPS) is 29.9. The molecule has 2 bridgehead atoms. The first kappa shape index (κ1) is 23.1. The Balaban J connectivity index is 1.16. The Kier molecular flexibility index (Phi) is 5.35. The average molecular weight is 459 g/mol. The van der Waals surface area contributed by atoms with Crippen LogP contribution in [0, 0.1) is 22.2 Å². The van der Waals surface area contributed by atoms with E-state index in [0.29, 0.717) is 22.8 Å². The molecular formula is C25H42N6O2. The van der Waals surface area contributed by atoms with Gasteiger partial charge in [0.25, 0.3) is 0 Å². The van der Waals surface area contributed by atoms with E-state index in [0.717, 1.165) is 50.5 Å². The number of carbonyl (C=O) groups is 1. The molecule has 6 rings (SSSR count). The van der Waals surface area contributed by atoms with E-state index in [1.54, 1.807) is 0 Å². The van der Waals surface area contributed by atoms with Crippen LogP contribution in [0.2, 0.25) is 0 Å². The quantitative estimate of drug-likeness (QED) is 0.540. The van der Waals surface area contributed by atoms with Gasteiger partial charge in [0, 0.05) is 19.6 Å². The van der Waals surface area contributed by atoms with Crippen LogP contribution in [0.25, 0.3) is 0 Å². The molecule has 0 aliphatic heterocycles. The molecule has 0 saturated heterocycles. The molecule has 1 heterocycles. The van der Waals surface area contributed by atoms with Gasteiger partial charge in [0.1, 0.15) is 5.60 Å². The number of alkyl carbamates (subject to hydrolysis) is 1. The van der Waals surface area contributed by atoms with E-state index < -0.39 is 5.60 Å². The lowest BCUT2D eigenvalue weighted by molar-refractivity contribution is -0.157. The number of nitrogens with zero attached hydrogens (tertiary/aromatic N) is 4. The number of ether oxygens (including phenoxy) is 1. The number of nitrogens with one attached hydrogen (secondary N) is 2. The van der Waals surface area contributed by atoms with Gasteiger partial charge in [-0.1, -0.05) is 13.8 Å². The van der Waals surface area contributed by atoms with Gasteiger partial charge in [-0.05, 0) is 111 Å². The summed E-state index contributed by atoms with van der Waals surface area (Å²) < 4.78 is 7.32. The SMILES string of the molecule is CC1(C)CC2(C1)CC(NCC13CC(C1)C3)(c1nnnn1CCCCNC(=O)OC(C)(C)C)C2. The van der Waals surface area contributed by atoms with Gasteiger partial charge in [-0.25, -0.2) is 9.48 Å². The minimum absolute atomic E-state index is 0.0792. The Morgan fingerprint density at radius 3 is 2.39 bits per heavy atom. The summed E-state index contributed by atoms with van der Waals surface area (Å²) in [6, 6.07) is 0. The predicted octanol–water partition coefficient (Wildman–Crippen LogP) is 4.16. The smallest absolute Gasteiger partial charge is 0.407 e. The molecule has 0 unspecified atom stereocenters. The van der Waals surface area contributed by atoms with E-state index in [9.17, 15) is 4.79 Å². The van der Waals surface area contributed by atoms with Gasteiger partial charge < -0.3 is 15.4 Å². The topological polar surface area (TPSA) is 94.0 Å². The van der Waals surface area contributed by atoms with Crippen molar-refractivity contribution in [1.29, 1.82) is 0 Å². The summed E-state index contributed by atoms with van der Waals surface area (Å²) in [5.74, 6) is 2.02. The number of unbranched alkanes of at least 4 members (excludes halogenated alkanes) is 1. The van der Waals surface area contributed by atoms with Crippen molar-refractivity contribution in [3.8, 4) is 0 Å². The van der Waals surface area contributed by atoms with Crippen LogP contribution in [0.15, 0.2) is 0 Å². The Morgan fingerprint density at radius 2 is 1.82 bits per heavy atom. The first-order valence-electron chi connectivity index (χ1n) is 12.9. The van der Waals surface area contributed by atoms with Crippen molar-refractivity contribution >= 4 is 6.09 Å². The van der Waals surface area contributed by atoms with Crippen molar-refractivity contribution in [2.24, 2.45) is 22.2 Å². The Labute approximate surface area is 198 Å². The van der Waals surface area contributed by atoms with Crippen molar-refractivity contribution in [1.82, 2.24) is 30.8 Å². The average Bonchev–Trinajstić information content (AvgIpc) is 3.02. The highest BCUT2D eigenvalue weighted by molar-refractivity contribution is 5.67. The number of aromatic nitrogens is 4. The van der Waals surface area contributed by atoms with Gasteiger partial charge in [0.15, 0.2) is 5.82 Å². The molecule has 1 aromatic heterocycles. The zero-order valence-electron chi connectivity index (χ0n) is 21.2. The molecule has 1 amide bonds. The number of tetrazole rings is 1. The standard InChI is InChI=1S/C25H42N6O2/c1-21(2,3)33-20(32)26-8-6-7-9-31-19(28-29-30-31)25(27-17-23-10-18(11-23)12-23)15-24(16-25)13-22(4,5)14-24/h18,27H,6-17H2,1-5H3,(H,26,32). The lowest BCUT2D eigenvalue weighted by atomic mass is 9.40. The van der Waals surface area contributed by atoms with Crippen LogP contribution < -0.4 is 10.6 Å². The second-order valence-corrected chi connectivity index (χ2v) is 13.6. The van der Waals surface area contributed by atoms with Crippen LogP contribution in [0.1, 0.15) is 98.2 Å². The van der Waals surface area contributed by atoms with Crippen molar-refractivity contribution in [3.05, 3.63) is 5.82 Å². The molecule has 1 spiro atoms. The fourth-order valence-corrected chi connectivity index (χ4v) is 7.64. The Morgan fingerprint density at radius 1 is 1.12 bits per heavy atom. The summed E-state index contributed by atoms with van der Waals surface area (Å²) in [7, 11) is 0. The minimum atomic E-state index is -0.470. The van der Waals surface area contributed by atoms with Gasteiger partial charge in [-0.3, -0.25) is 0 Å². The molecule has 8 nitrogen and oxygen atoms in total. The molecule has 0 radical (unpaired) electrons. The number of amides is 1. The van der Waals surface area contributed by atoms with E-state index >= 15 is 0 Å².